The molecule has 0 radical (unpaired) electrons. The first kappa shape index (κ1) is 23.8. The molecule has 0 spiro atoms. The molecule has 1 atom stereocenters. The summed E-state index contributed by atoms with van der Waals surface area (Å²) in [6.07, 6.45) is 5.47. The fraction of sp³-hybridized carbons (Fsp3) is 0.346. The molecule has 8 heteroatoms. The normalized spacial score (nSPS) is 14.5. The first-order valence-electron chi connectivity index (χ1n) is 11.5. The van der Waals surface area contributed by atoms with Gasteiger partial charge < -0.3 is 15.1 Å². The predicted molar refractivity (Wildman–Crippen MR) is 132 cm³/mol. The number of carbonyl (C=O) groups is 3. The minimum atomic E-state index is -0.839. The van der Waals surface area contributed by atoms with Crippen LogP contribution in [0.1, 0.15) is 58.3 Å². The van der Waals surface area contributed by atoms with E-state index < -0.39 is 11.9 Å². The van der Waals surface area contributed by atoms with Crippen molar-refractivity contribution in [2.75, 3.05) is 11.4 Å². The van der Waals surface area contributed by atoms with Crippen LogP contribution in [0.5, 0.6) is 0 Å². The standard InChI is InChI=1S/C26H29N3O4S/c1-17-11-12-18(2)20(15-17)29(23(30)16-27-25(31)21-9-5-13-33-21)24(22-10-6-14-34-22)26(32)28-19-7-3-4-8-19/h5-6,9-15,19,24H,3-4,7-8,16H2,1-2H3,(H,27,31)(H,28,32). The van der Waals surface area contributed by atoms with E-state index in [9.17, 15) is 14.4 Å². The van der Waals surface area contributed by atoms with Crippen LogP contribution in [0.2, 0.25) is 0 Å². The molecule has 1 aliphatic rings. The molecule has 1 unspecified atom stereocenters. The molecule has 0 aliphatic heterocycles. The average molecular weight is 480 g/mol. The van der Waals surface area contributed by atoms with E-state index in [0.717, 1.165) is 41.7 Å². The monoisotopic (exact) mass is 479 g/mol. The fourth-order valence-electron chi connectivity index (χ4n) is 4.30. The number of thiophene rings is 1. The van der Waals surface area contributed by atoms with E-state index in [1.165, 1.54) is 28.6 Å². The summed E-state index contributed by atoms with van der Waals surface area (Å²) in [5, 5.41) is 7.69. The van der Waals surface area contributed by atoms with Gasteiger partial charge in [0.2, 0.25) is 11.8 Å². The second-order valence-corrected chi connectivity index (χ2v) is 9.60. The molecule has 3 amide bonds. The van der Waals surface area contributed by atoms with Gasteiger partial charge >= 0.3 is 0 Å². The molecule has 1 saturated carbocycles. The zero-order valence-corrected chi connectivity index (χ0v) is 20.2. The molecule has 2 N–H and O–H groups in total. The topological polar surface area (TPSA) is 91.7 Å². The van der Waals surface area contributed by atoms with E-state index >= 15 is 0 Å². The van der Waals surface area contributed by atoms with Crippen LogP contribution >= 0.6 is 11.3 Å². The van der Waals surface area contributed by atoms with Gasteiger partial charge in [-0.2, -0.15) is 0 Å². The van der Waals surface area contributed by atoms with Gasteiger partial charge in [0.25, 0.3) is 5.91 Å². The molecule has 0 bridgehead atoms. The lowest BCUT2D eigenvalue weighted by Gasteiger charge is -2.32. The van der Waals surface area contributed by atoms with E-state index in [1.54, 1.807) is 6.07 Å². The Kier molecular flexibility index (Phi) is 7.47. The van der Waals surface area contributed by atoms with Crippen molar-refractivity contribution in [2.45, 2.75) is 51.6 Å². The van der Waals surface area contributed by atoms with Crippen molar-refractivity contribution >= 4 is 34.7 Å². The van der Waals surface area contributed by atoms with Gasteiger partial charge in [0.05, 0.1) is 12.8 Å². The van der Waals surface area contributed by atoms with Gasteiger partial charge in [0.1, 0.15) is 6.04 Å². The zero-order chi connectivity index (χ0) is 24.1. The highest BCUT2D eigenvalue weighted by atomic mass is 32.1. The number of rotatable bonds is 8. The number of carbonyl (C=O) groups excluding carboxylic acids is 3. The third-order valence-electron chi connectivity index (χ3n) is 6.06. The molecule has 34 heavy (non-hydrogen) atoms. The first-order valence-corrected chi connectivity index (χ1v) is 12.4. The number of furan rings is 1. The van der Waals surface area contributed by atoms with E-state index in [1.807, 2.05) is 49.6 Å². The van der Waals surface area contributed by atoms with Crippen molar-refractivity contribution in [1.29, 1.82) is 0 Å². The molecular formula is C26H29N3O4S. The van der Waals surface area contributed by atoms with E-state index in [0.29, 0.717) is 5.69 Å². The summed E-state index contributed by atoms with van der Waals surface area (Å²) in [6, 6.07) is 12.0. The predicted octanol–water partition coefficient (Wildman–Crippen LogP) is 4.52. The van der Waals surface area contributed by atoms with Gasteiger partial charge in [0, 0.05) is 16.6 Å². The molecule has 1 aromatic carbocycles. The summed E-state index contributed by atoms with van der Waals surface area (Å²) < 4.78 is 5.13. The molecule has 1 aliphatic carbocycles. The maximum Gasteiger partial charge on any atom is 0.287 e. The largest absolute Gasteiger partial charge is 0.459 e. The van der Waals surface area contributed by atoms with Gasteiger partial charge in [-0.05, 0) is 67.5 Å². The van der Waals surface area contributed by atoms with Crippen LogP contribution in [0.25, 0.3) is 0 Å². The molecule has 7 nitrogen and oxygen atoms in total. The van der Waals surface area contributed by atoms with Crippen molar-refractivity contribution in [3.05, 3.63) is 75.9 Å². The molecule has 0 saturated heterocycles. The summed E-state index contributed by atoms with van der Waals surface area (Å²) in [5.41, 5.74) is 2.49. The summed E-state index contributed by atoms with van der Waals surface area (Å²) in [7, 11) is 0. The molecule has 3 aromatic rings. The van der Waals surface area contributed by atoms with Crippen LogP contribution in [0.4, 0.5) is 5.69 Å². The smallest absolute Gasteiger partial charge is 0.287 e. The molecule has 2 heterocycles. The number of benzene rings is 1. The highest BCUT2D eigenvalue weighted by Gasteiger charge is 2.35. The second kappa shape index (κ2) is 10.7. The number of aryl methyl sites for hydroxylation is 2. The van der Waals surface area contributed by atoms with Gasteiger partial charge in [-0.15, -0.1) is 11.3 Å². The van der Waals surface area contributed by atoms with Gasteiger partial charge in [0.15, 0.2) is 5.76 Å². The first-order chi connectivity index (χ1) is 16.4. The Hall–Kier alpha value is -3.39. The number of amides is 3. The Morgan fingerprint density at radius 3 is 2.59 bits per heavy atom. The summed E-state index contributed by atoms with van der Waals surface area (Å²) in [4.78, 5) is 42.0. The van der Waals surface area contributed by atoms with Crippen LogP contribution in [0.3, 0.4) is 0 Å². The fourth-order valence-corrected chi connectivity index (χ4v) is 5.12. The van der Waals surface area contributed by atoms with E-state index in [4.69, 9.17) is 4.42 Å². The van der Waals surface area contributed by atoms with Crippen LogP contribution in [-0.2, 0) is 9.59 Å². The van der Waals surface area contributed by atoms with Crippen molar-refractivity contribution < 1.29 is 18.8 Å². The van der Waals surface area contributed by atoms with Crippen LogP contribution in [0.15, 0.2) is 58.5 Å². The van der Waals surface area contributed by atoms with Gasteiger partial charge in [-0.3, -0.25) is 19.3 Å². The minimum absolute atomic E-state index is 0.115. The van der Waals surface area contributed by atoms with Crippen LogP contribution in [0, 0.1) is 13.8 Å². The van der Waals surface area contributed by atoms with Crippen LogP contribution in [-0.4, -0.2) is 30.3 Å². The molecule has 1 fully saturated rings. The number of nitrogens with one attached hydrogen (secondary N) is 2. The molecule has 2 aromatic heterocycles. The molecule has 4 rings (SSSR count). The minimum Gasteiger partial charge on any atom is -0.459 e. The molecule has 178 valence electrons. The van der Waals surface area contributed by atoms with Crippen molar-refractivity contribution in [1.82, 2.24) is 10.6 Å². The highest BCUT2D eigenvalue weighted by molar-refractivity contribution is 7.10. The Morgan fingerprint density at radius 1 is 1.12 bits per heavy atom. The third kappa shape index (κ3) is 5.39. The van der Waals surface area contributed by atoms with Gasteiger partial charge in [-0.1, -0.05) is 31.0 Å². The van der Waals surface area contributed by atoms with E-state index in [-0.39, 0.29) is 30.2 Å². The Morgan fingerprint density at radius 2 is 1.91 bits per heavy atom. The lowest BCUT2D eigenvalue weighted by molar-refractivity contribution is -0.126. The van der Waals surface area contributed by atoms with Crippen molar-refractivity contribution in [2.24, 2.45) is 0 Å². The number of anilines is 1. The SMILES string of the molecule is Cc1ccc(C)c(N(C(=O)CNC(=O)c2ccco2)C(C(=O)NC2CCCC2)c2cccs2)c1. The Labute approximate surface area is 203 Å². The Balaban J connectivity index is 1.68. The van der Waals surface area contributed by atoms with Crippen LogP contribution < -0.4 is 15.5 Å². The van der Waals surface area contributed by atoms with Gasteiger partial charge in [-0.25, -0.2) is 0 Å². The lowest BCUT2D eigenvalue weighted by Crippen LogP contribution is -2.49. The highest BCUT2D eigenvalue weighted by Crippen LogP contribution is 2.34. The van der Waals surface area contributed by atoms with E-state index in [2.05, 4.69) is 10.6 Å². The third-order valence-corrected chi connectivity index (χ3v) is 6.98. The maximum atomic E-state index is 13.7. The summed E-state index contributed by atoms with van der Waals surface area (Å²) in [5.74, 6) is -0.947. The second-order valence-electron chi connectivity index (χ2n) is 8.62. The summed E-state index contributed by atoms with van der Waals surface area (Å²) >= 11 is 1.43. The quantitative estimate of drug-likeness (QED) is 0.497. The Bertz CT molecular complexity index is 1140. The average Bonchev–Trinajstić information content (AvgIpc) is 3.61. The van der Waals surface area contributed by atoms with Crippen molar-refractivity contribution in [3.63, 3.8) is 0 Å². The zero-order valence-electron chi connectivity index (χ0n) is 19.4. The number of hydrogen-bond donors (Lipinski definition) is 2. The molecular weight excluding hydrogens is 450 g/mol. The number of hydrogen-bond acceptors (Lipinski definition) is 5. The maximum absolute atomic E-state index is 13.7. The summed E-state index contributed by atoms with van der Waals surface area (Å²) in [6.45, 7) is 3.59. The van der Waals surface area contributed by atoms with Crippen molar-refractivity contribution in [3.8, 4) is 0 Å². The number of nitrogens with zero attached hydrogens (tertiary/aromatic N) is 1. The lowest BCUT2D eigenvalue weighted by atomic mass is 10.1.